The van der Waals surface area contributed by atoms with Gasteiger partial charge in [-0.25, -0.2) is 0 Å². The lowest BCUT2D eigenvalue weighted by atomic mass is 9.97. The van der Waals surface area contributed by atoms with Crippen LogP contribution in [0.1, 0.15) is 0 Å². The molecule has 0 unspecified atom stereocenters. The SMILES string of the molecule is c1ccc(-c2ccccc2N(c2ccc(-c3ccc4c(c3)oc3ccccc34)cc2)c2ccc(-c3ccccc3)c3c2sc2ccccc23)cc1. The zero-order valence-corrected chi connectivity index (χ0v) is 28.5. The first-order valence-corrected chi connectivity index (χ1v) is 18.1. The monoisotopic (exact) mass is 669 g/mol. The Morgan fingerprint density at radius 2 is 1.02 bits per heavy atom. The number of anilines is 3. The summed E-state index contributed by atoms with van der Waals surface area (Å²) in [4.78, 5) is 2.45. The van der Waals surface area contributed by atoms with E-state index in [1.165, 1.54) is 42.4 Å². The minimum atomic E-state index is 0.904. The zero-order chi connectivity index (χ0) is 33.7. The summed E-state index contributed by atoms with van der Waals surface area (Å²) in [6.07, 6.45) is 0. The quantitative estimate of drug-likeness (QED) is 0.175. The fourth-order valence-electron chi connectivity index (χ4n) is 7.50. The number of benzene rings is 8. The highest BCUT2D eigenvalue weighted by molar-refractivity contribution is 7.26. The largest absolute Gasteiger partial charge is 0.456 e. The summed E-state index contributed by atoms with van der Waals surface area (Å²) in [5.41, 5.74) is 12.3. The van der Waals surface area contributed by atoms with Crippen LogP contribution in [0.5, 0.6) is 0 Å². The Kier molecular flexibility index (Phi) is 7.04. The van der Waals surface area contributed by atoms with Crippen LogP contribution in [0.2, 0.25) is 0 Å². The van der Waals surface area contributed by atoms with E-state index in [1.807, 2.05) is 23.5 Å². The molecule has 2 nitrogen and oxygen atoms in total. The molecule has 0 aliphatic rings. The van der Waals surface area contributed by atoms with E-state index >= 15 is 0 Å². The van der Waals surface area contributed by atoms with Gasteiger partial charge in [-0.2, -0.15) is 0 Å². The minimum absolute atomic E-state index is 0.904. The highest BCUT2D eigenvalue weighted by Crippen LogP contribution is 2.50. The predicted octanol–water partition coefficient (Wildman–Crippen LogP) is 14.4. The van der Waals surface area contributed by atoms with Gasteiger partial charge in [-0.05, 0) is 76.3 Å². The lowest BCUT2D eigenvalue weighted by Crippen LogP contribution is -2.11. The molecule has 3 heteroatoms. The summed E-state index contributed by atoms with van der Waals surface area (Å²) in [7, 11) is 0. The summed E-state index contributed by atoms with van der Waals surface area (Å²) < 4.78 is 8.79. The Labute approximate surface area is 300 Å². The van der Waals surface area contributed by atoms with Gasteiger partial charge in [0.25, 0.3) is 0 Å². The molecule has 8 aromatic carbocycles. The molecule has 10 rings (SSSR count). The molecule has 2 heterocycles. The summed E-state index contributed by atoms with van der Waals surface area (Å²) in [5.74, 6) is 0. The Morgan fingerprint density at radius 1 is 0.392 bits per heavy atom. The van der Waals surface area contributed by atoms with E-state index in [4.69, 9.17) is 4.42 Å². The lowest BCUT2D eigenvalue weighted by Gasteiger charge is -2.29. The van der Waals surface area contributed by atoms with E-state index < -0.39 is 0 Å². The molecule has 0 saturated heterocycles. The molecule has 0 amide bonds. The summed E-state index contributed by atoms with van der Waals surface area (Å²) >= 11 is 1.87. The van der Waals surface area contributed by atoms with Crippen molar-refractivity contribution in [1.82, 2.24) is 0 Å². The van der Waals surface area contributed by atoms with Crippen molar-refractivity contribution in [3.63, 3.8) is 0 Å². The smallest absolute Gasteiger partial charge is 0.136 e. The number of furan rings is 1. The standard InChI is InChI=1S/C48H31NOS/c1-3-13-33(14-4-1)37-17-7-10-20-42(37)49(36-26-23-32(24-27-36)35-25-28-40-39-18-8-11-21-44(39)50-45(40)31-35)43-30-29-38(34-15-5-2-6-16-34)47-41-19-9-12-22-46(41)51-48(43)47/h1-31H. The van der Waals surface area contributed by atoms with Crippen molar-refractivity contribution in [2.75, 3.05) is 4.90 Å². The second kappa shape index (κ2) is 12.2. The van der Waals surface area contributed by atoms with Gasteiger partial charge in [-0.15, -0.1) is 11.3 Å². The van der Waals surface area contributed by atoms with Crippen molar-refractivity contribution in [2.24, 2.45) is 0 Å². The number of hydrogen-bond acceptors (Lipinski definition) is 3. The van der Waals surface area contributed by atoms with Crippen molar-refractivity contribution in [3.05, 3.63) is 188 Å². The van der Waals surface area contributed by atoms with Gasteiger partial charge in [0.15, 0.2) is 0 Å². The number of nitrogens with zero attached hydrogens (tertiary/aromatic N) is 1. The Bertz CT molecular complexity index is 2850. The third-order valence-corrected chi connectivity index (χ3v) is 11.1. The van der Waals surface area contributed by atoms with Crippen LogP contribution >= 0.6 is 11.3 Å². The Morgan fingerprint density at radius 3 is 1.82 bits per heavy atom. The predicted molar refractivity (Wildman–Crippen MR) is 218 cm³/mol. The number of para-hydroxylation sites is 2. The molecule has 2 aromatic heterocycles. The summed E-state index contributed by atoms with van der Waals surface area (Å²) in [6, 6.07) is 67.4. The maximum atomic E-state index is 6.25. The zero-order valence-electron chi connectivity index (χ0n) is 27.7. The molecule has 51 heavy (non-hydrogen) atoms. The van der Waals surface area contributed by atoms with Crippen molar-refractivity contribution in [3.8, 4) is 33.4 Å². The average molecular weight is 670 g/mol. The molecule has 0 spiro atoms. The molecule has 0 fully saturated rings. The van der Waals surface area contributed by atoms with E-state index in [1.54, 1.807) is 0 Å². The molecule has 0 aliphatic carbocycles. The van der Waals surface area contributed by atoms with Crippen molar-refractivity contribution in [1.29, 1.82) is 0 Å². The van der Waals surface area contributed by atoms with E-state index in [0.717, 1.165) is 50.1 Å². The molecule has 0 atom stereocenters. The molecule has 0 N–H and O–H groups in total. The first-order chi connectivity index (χ1) is 25.3. The van der Waals surface area contributed by atoms with E-state index in [9.17, 15) is 0 Å². The van der Waals surface area contributed by atoms with Gasteiger partial charge in [0.1, 0.15) is 11.2 Å². The third-order valence-electron chi connectivity index (χ3n) is 9.90. The molecule has 10 aromatic rings. The Hall–Kier alpha value is -6.42. The van der Waals surface area contributed by atoms with Crippen LogP contribution in [0, 0.1) is 0 Å². The molecule has 0 saturated carbocycles. The number of fused-ring (bicyclic) bond motifs is 6. The molecule has 0 bridgehead atoms. The van der Waals surface area contributed by atoms with Crippen LogP contribution in [0.15, 0.2) is 192 Å². The number of rotatable bonds is 6. The van der Waals surface area contributed by atoms with Gasteiger partial charge < -0.3 is 9.32 Å². The van der Waals surface area contributed by atoms with Crippen molar-refractivity contribution < 1.29 is 4.42 Å². The second-order valence-corrected chi connectivity index (χ2v) is 13.9. The molecule has 240 valence electrons. The van der Waals surface area contributed by atoms with Crippen LogP contribution in [-0.4, -0.2) is 0 Å². The van der Waals surface area contributed by atoms with Gasteiger partial charge in [-0.1, -0.05) is 140 Å². The van der Waals surface area contributed by atoms with Crippen LogP contribution in [0.3, 0.4) is 0 Å². The highest BCUT2D eigenvalue weighted by atomic mass is 32.1. The van der Waals surface area contributed by atoms with E-state index in [2.05, 4.69) is 181 Å². The fraction of sp³-hybridized carbons (Fsp3) is 0. The maximum absolute atomic E-state index is 6.25. The number of hydrogen-bond donors (Lipinski definition) is 0. The lowest BCUT2D eigenvalue weighted by molar-refractivity contribution is 0.669. The fourth-order valence-corrected chi connectivity index (χ4v) is 8.73. The van der Waals surface area contributed by atoms with Gasteiger partial charge in [0, 0.05) is 37.5 Å². The van der Waals surface area contributed by atoms with Gasteiger partial charge in [0.2, 0.25) is 0 Å². The van der Waals surface area contributed by atoms with Gasteiger partial charge in [-0.3, -0.25) is 0 Å². The van der Waals surface area contributed by atoms with Gasteiger partial charge >= 0.3 is 0 Å². The maximum Gasteiger partial charge on any atom is 0.136 e. The Balaban J connectivity index is 1.18. The number of thiophene rings is 1. The van der Waals surface area contributed by atoms with Crippen LogP contribution < -0.4 is 4.90 Å². The third kappa shape index (κ3) is 5.01. The van der Waals surface area contributed by atoms with Crippen LogP contribution in [-0.2, 0) is 0 Å². The molecule has 0 aliphatic heterocycles. The van der Waals surface area contributed by atoms with Crippen molar-refractivity contribution in [2.45, 2.75) is 0 Å². The normalized spacial score (nSPS) is 11.5. The highest BCUT2D eigenvalue weighted by Gasteiger charge is 2.23. The minimum Gasteiger partial charge on any atom is -0.456 e. The molecule has 0 radical (unpaired) electrons. The average Bonchev–Trinajstić information content (AvgIpc) is 3.78. The summed E-state index contributed by atoms with van der Waals surface area (Å²) in [5, 5.41) is 4.86. The van der Waals surface area contributed by atoms with Crippen molar-refractivity contribution >= 4 is 70.5 Å². The molecular formula is C48H31NOS. The molecular weight excluding hydrogens is 639 g/mol. The van der Waals surface area contributed by atoms with E-state index in [-0.39, 0.29) is 0 Å². The summed E-state index contributed by atoms with van der Waals surface area (Å²) in [6.45, 7) is 0. The van der Waals surface area contributed by atoms with Crippen LogP contribution in [0.25, 0.3) is 75.5 Å². The second-order valence-electron chi connectivity index (χ2n) is 12.9. The first-order valence-electron chi connectivity index (χ1n) is 17.3. The van der Waals surface area contributed by atoms with E-state index in [0.29, 0.717) is 0 Å². The first kappa shape index (κ1) is 29.5. The topological polar surface area (TPSA) is 16.4 Å². The van der Waals surface area contributed by atoms with Gasteiger partial charge in [0.05, 0.1) is 16.1 Å². The van der Waals surface area contributed by atoms with Crippen LogP contribution in [0.4, 0.5) is 17.1 Å².